The molecule has 6 rings (SSSR count). The zero-order valence-electron chi connectivity index (χ0n) is 21.7. The lowest BCUT2D eigenvalue weighted by Crippen LogP contribution is -2.32. The summed E-state index contributed by atoms with van der Waals surface area (Å²) in [5.74, 6) is 0.246. The number of nitrogens with zero attached hydrogens (tertiary/aromatic N) is 2. The van der Waals surface area contributed by atoms with E-state index in [0.29, 0.717) is 30.0 Å². The Hall–Kier alpha value is -4.49. The predicted molar refractivity (Wildman–Crippen MR) is 152 cm³/mol. The second kappa shape index (κ2) is 10.7. The fraction of sp³-hybridized carbons (Fsp3) is 0.219. The van der Waals surface area contributed by atoms with Gasteiger partial charge in [-0.15, -0.1) is 0 Å². The van der Waals surface area contributed by atoms with Crippen LogP contribution in [0.25, 0.3) is 22.2 Å². The van der Waals surface area contributed by atoms with Gasteiger partial charge in [-0.25, -0.2) is 4.79 Å². The molecule has 4 aromatic carbocycles. The maximum absolute atomic E-state index is 13.5. The summed E-state index contributed by atoms with van der Waals surface area (Å²) >= 11 is 0. The molecule has 1 aromatic heterocycles. The summed E-state index contributed by atoms with van der Waals surface area (Å²) in [4.78, 5) is 29.3. The number of fused-ring (bicyclic) bond motifs is 1. The second-order valence-corrected chi connectivity index (χ2v) is 10.2. The highest BCUT2D eigenvalue weighted by Crippen LogP contribution is 2.34. The van der Waals surface area contributed by atoms with Gasteiger partial charge in [-0.05, 0) is 46.9 Å². The third-order valence-electron chi connectivity index (χ3n) is 7.78. The molecule has 2 heterocycles. The van der Waals surface area contributed by atoms with E-state index < -0.39 is 5.76 Å². The molecule has 1 aliphatic heterocycles. The molecule has 0 saturated carbocycles. The van der Waals surface area contributed by atoms with Gasteiger partial charge in [-0.1, -0.05) is 90.1 Å². The normalized spacial score (nSPS) is 17.9. The van der Waals surface area contributed by atoms with Crippen molar-refractivity contribution in [1.82, 2.24) is 20.4 Å². The maximum atomic E-state index is 13.5. The van der Waals surface area contributed by atoms with Crippen molar-refractivity contribution in [3.8, 4) is 11.4 Å². The van der Waals surface area contributed by atoms with Gasteiger partial charge in [0.1, 0.15) is 0 Å². The molecule has 1 amide bonds. The Kier molecular flexibility index (Phi) is 6.82. The van der Waals surface area contributed by atoms with Crippen molar-refractivity contribution in [3.05, 3.63) is 124 Å². The van der Waals surface area contributed by atoms with Gasteiger partial charge in [0.2, 0.25) is 0 Å². The summed E-state index contributed by atoms with van der Waals surface area (Å²) < 4.78 is 4.59. The van der Waals surface area contributed by atoms with E-state index in [2.05, 4.69) is 93.6 Å². The summed E-state index contributed by atoms with van der Waals surface area (Å²) in [6, 6.07) is 32.7. The van der Waals surface area contributed by atoms with Crippen LogP contribution in [0.4, 0.5) is 0 Å². The van der Waals surface area contributed by atoms with E-state index in [1.54, 1.807) is 24.3 Å². The average Bonchev–Trinajstić information content (AvgIpc) is 3.62. The molecule has 2 N–H and O–H groups in total. The third kappa shape index (κ3) is 5.13. The zero-order valence-corrected chi connectivity index (χ0v) is 21.7. The van der Waals surface area contributed by atoms with Crippen LogP contribution in [0.2, 0.25) is 0 Å². The number of benzene rings is 4. The molecule has 39 heavy (non-hydrogen) atoms. The monoisotopic (exact) mass is 518 g/mol. The molecule has 196 valence electrons. The first kappa shape index (κ1) is 24.8. The molecule has 0 spiro atoms. The Balaban J connectivity index is 1.19. The molecule has 7 nitrogen and oxygen atoms in total. The summed E-state index contributed by atoms with van der Waals surface area (Å²) in [5.41, 5.74) is 3.83. The van der Waals surface area contributed by atoms with Crippen molar-refractivity contribution in [2.24, 2.45) is 5.92 Å². The second-order valence-electron chi connectivity index (χ2n) is 10.2. The molecule has 1 fully saturated rings. The van der Waals surface area contributed by atoms with E-state index in [-0.39, 0.29) is 23.8 Å². The fourth-order valence-corrected chi connectivity index (χ4v) is 5.70. The number of nitrogens with one attached hydrogen (secondary N) is 2. The smallest absolute Gasteiger partial charge is 0.338 e. The molecule has 0 radical (unpaired) electrons. The quantitative estimate of drug-likeness (QED) is 0.302. The molecule has 1 saturated heterocycles. The number of H-pyrrole nitrogens is 1. The van der Waals surface area contributed by atoms with Crippen LogP contribution in [0.3, 0.4) is 0 Å². The van der Waals surface area contributed by atoms with Crippen LogP contribution < -0.4 is 11.1 Å². The van der Waals surface area contributed by atoms with Gasteiger partial charge in [-0.2, -0.15) is 0 Å². The van der Waals surface area contributed by atoms with Crippen molar-refractivity contribution in [2.45, 2.75) is 18.9 Å². The summed E-state index contributed by atoms with van der Waals surface area (Å²) in [5, 5.41) is 10.0. The van der Waals surface area contributed by atoms with Crippen molar-refractivity contribution >= 4 is 16.7 Å². The number of aromatic amines is 1. The molecule has 1 aliphatic rings. The van der Waals surface area contributed by atoms with Crippen molar-refractivity contribution < 1.29 is 9.32 Å². The first-order chi connectivity index (χ1) is 19.1. The summed E-state index contributed by atoms with van der Waals surface area (Å²) in [6.45, 7) is 4.34. The average molecular weight is 519 g/mol. The van der Waals surface area contributed by atoms with E-state index >= 15 is 0 Å². The van der Waals surface area contributed by atoms with Crippen molar-refractivity contribution in [1.29, 1.82) is 0 Å². The Morgan fingerprint density at radius 1 is 0.974 bits per heavy atom. The topological polar surface area (TPSA) is 91.2 Å². The minimum Gasteiger partial charge on any atom is -0.338 e. The Labute approximate surface area is 226 Å². The molecular formula is C32H30N4O3. The van der Waals surface area contributed by atoms with Gasteiger partial charge in [0, 0.05) is 42.7 Å². The first-order valence-corrected chi connectivity index (χ1v) is 13.3. The largest absolute Gasteiger partial charge is 0.439 e. The van der Waals surface area contributed by atoms with Crippen LogP contribution in [0.15, 0.2) is 106 Å². The molecule has 0 bridgehead atoms. The van der Waals surface area contributed by atoms with Gasteiger partial charge >= 0.3 is 5.76 Å². The van der Waals surface area contributed by atoms with Crippen molar-refractivity contribution in [3.63, 3.8) is 0 Å². The molecule has 7 heteroatoms. The Morgan fingerprint density at radius 3 is 2.49 bits per heavy atom. The van der Waals surface area contributed by atoms with Crippen molar-refractivity contribution in [2.75, 3.05) is 19.6 Å². The van der Waals surface area contributed by atoms with Crippen LogP contribution in [-0.4, -0.2) is 40.6 Å². The molecule has 0 aliphatic carbocycles. The summed E-state index contributed by atoms with van der Waals surface area (Å²) in [6.07, 6.45) is 0. The van der Waals surface area contributed by atoms with E-state index in [0.717, 1.165) is 6.54 Å². The fourth-order valence-electron chi connectivity index (χ4n) is 5.70. The van der Waals surface area contributed by atoms with E-state index in [4.69, 9.17) is 0 Å². The lowest BCUT2D eigenvalue weighted by molar-refractivity contribution is 0.0786. The van der Waals surface area contributed by atoms with Gasteiger partial charge in [-0.3, -0.25) is 14.3 Å². The standard InChI is InChI=1S/C32H30N4O3/c1-21(27-13-7-11-22-10-5-6-12-28(22)27)33-18-26-19-36(20-29(26)23-8-3-2-4-9-23)31(37)25-16-14-24(15-17-25)30-34-32(38)39-35-30/h2-17,21,26,29,33H,18-20H2,1H3,(H,34,35,38)/t21-,26-,29-/m1/s1. The lowest BCUT2D eigenvalue weighted by Gasteiger charge is -2.23. The molecule has 3 atom stereocenters. The van der Waals surface area contributed by atoms with Gasteiger partial charge in [0.25, 0.3) is 5.91 Å². The van der Waals surface area contributed by atoms with Crippen LogP contribution in [0.1, 0.15) is 40.4 Å². The molecule has 0 unspecified atom stereocenters. The third-order valence-corrected chi connectivity index (χ3v) is 7.78. The molecule has 5 aromatic rings. The molecular weight excluding hydrogens is 488 g/mol. The number of likely N-dealkylation sites (tertiary alicyclic amines) is 1. The van der Waals surface area contributed by atoms with Crippen LogP contribution in [-0.2, 0) is 0 Å². The van der Waals surface area contributed by atoms with E-state index in [1.807, 2.05) is 11.0 Å². The van der Waals surface area contributed by atoms with Gasteiger partial charge in [0.05, 0.1) is 0 Å². The highest BCUT2D eigenvalue weighted by molar-refractivity contribution is 5.95. The zero-order chi connectivity index (χ0) is 26.8. The highest BCUT2D eigenvalue weighted by atomic mass is 16.5. The van der Waals surface area contributed by atoms with Crippen LogP contribution >= 0.6 is 0 Å². The van der Waals surface area contributed by atoms with Crippen LogP contribution in [0, 0.1) is 5.92 Å². The lowest BCUT2D eigenvalue weighted by atomic mass is 9.88. The van der Waals surface area contributed by atoms with Gasteiger partial charge < -0.3 is 10.2 Å². The van der Waals surface area contributed by atoms with E-state index in [1.165, 1.54) is 21.9 Å². The number of rotatable bonds is 7. The predicted octanol–water partition coefficient (Wildman–Crippen LogP) is 5.39. The van der Waals surface area contributed by atoms with Gasteiger partial charge in [0.15, 0.2) is 5.82 Å². The number of hydrogen-bond acceptors (Lipinski definition) is 5. The number of aromatic nitrogens is 2. The number of carbonyl (C=O) groups excluding carboxylic acids is 1. The maximum Gasteiger partial charge on any atom is 0.439 e. The SMILES string of the molecule is C[C@@H](NC[C@@H]1CN(C(=O)c2ccc(-c3noc(=O)[nH]3)cc2)C[C@@H]1c1ccccc1)c1cccc2ccccc12. The highest BCUT2D eigenvalue weighted by Gasteiger charge is 2.36. The Morgan fingerprint density at radius 2 is 1.72 bits per heavy atom. The minimum atomic E-state index is -0.608. The number of carbonyl (C=O) groups is 1. The number of amides is 1. The van der Waals surface area contributed by atoms with E-state index in [9.17, 15) is 9.59 Å². The summed E-state index contributed by atoms with van der Waals surface area (Å²) in [7, 11) is 0. The first-order valence-electron chi connectivity index (χ1n) is 13.3. The minimum absolute atomic E-state index is 0.000675. The Bertz CT molecular complexity index is 1640. The number of hydrogen-bond donors (Lipinski definition) is 2. The van der Waals surface area contributed by atoms with Crippen LogP contribution in [0.5, 0.6) is 0 Å².